The molecule has 0 aliphatic heterocycles. The summed E-state index contributed by atoms with van der Waals surface area (Å²) in [6.45, 7) is 9.01. The van der Waals surface area contributed by atoms with Crippen molar-refractivity contribution in [1.82, 2.24) is 0 Å². The maximum Gasteiger partial charge on any atom is 0.0681 e. The fourth-order valence-corrected chi connectivity index (χ4v) is 2.09. The van der Waals surface area contributed by atoms with Crippen molar-refractivity contribution in [3.8, 4) is 0 Å². The molecule has 0 aliphatic rings. The number of hydrogen-bond donors (Lipinski definition) is 1. The normalized spacial score (nSPS) is 10.9. The zero-order chi connectivity index (χ0) is 12.7. The molecule has 0 saturated heterocycles. The van der Waals surface area contributed by atoms with Crippen LogP contribution in [0.25, 0.3) is 0 Å². The topological polar surface area (TPSA) is 23.5 Å². The van der Waals surface area contributed by atoms with Gasteiger partial charge >= 0.3 is 0 Å². The lowest BCUT2D eigenvalue weighted by atomic mass is 10.0. The first-order chi connectivity index (χ1) is 8.24. The summed E-state index contributed by atoms with van der Waals surface area (Å²) in [5, 5.41) is 9.03. The summed E-state index contributed by atoms with van der Waals surface area (Å²) in [6, 6.07) is 8.23. The second-order valence-electron chi connectivity index (χ2n) is 4.55. The maximum atomic E-state index is 9.03. The number of aliphatic hydroxyl groups excluding tert-OH is 1. The van der Waals surface area contributed by atoms with Gasteiger partial charge in [-0.3, -0.25) is 0 Å². The van der Waals surface area contributed by atoms with Gasteiger partial charge in [-0.25, -0.2) is 0 Å². The molecule has 0 saturated carbocycles. The third-order valence-corrected chi connectivity index (χ3v) is 3.50. The fourth-order valence-electron chi connectivity index (χ4n) is 2.09. The van der Waals surface area contributed by atoms with E-state index in [4.69, 9.17) is 5.11 Å². The first-order valence-corrected chi connectivity index (χ1v) is 6.69. The van der Waals surface area contributed by atoms with Gasteiger partial charge in [0, 0.05) is 18.8 Å². The van der Waals surface area contributed by atoms with Crippen molar-refractivity contribution in [3.05, 3.63) is 29.8 Å². The van der Waals surface area contributed by atoms with E-state index in [0.29, 0.717) is 0 Å². The van der Waals surface area contributed by atoms with Gasteiger partial charge in [0.25, 0.3) is 0 Å². The van der Waals surface area contributed by atoms with Gasteiger partial charge < -0.3 is 10.0 Å². The minimum absolute atomic E-state index is 0.124. The van der Waals surface area contributed by atoms with Crippen LogP contribution in [0.2, 0.25) is 0 Å². The highest BCUT2D eigenvalue weighted by molar-refractivity contribution is 5.47. The number of rotatable bonds is 7. The molecular formula is C15H25NO. The molecule has 17 heavy (non-hydrogen) atoms. The molecular weight excluding hydrogens is 210 g/mol. The first-order valence-electron chi connectivity index (χ1n) is 6.69. The van der Waals surface area contributed by atoms with Crippen LogP contribution in [0.4, 0.5) is 5.69 Å². The zero-order valence-electron chi connectivity index (χ0n) is 11.3. The Morgan fingerprint density at radius 1 is 1.06 bits per heavy atom. The molecule has 1 aromatic carbocycles. The molecule has 0 radical (unpaired) electrons. The van der Waals surface area contributed by atoms with Gasteiger partial charge in [-0.15, -0.1) is 0 Å². The van der Waals surface area contributed by atoms with Crippen molar-refractivity contribution in [3.63, 3.8) is 0 Å². The van der Waals surface area contributed by atoms with E-state index in [1.54, 1.807) is 0 Å². The van der Waals surface area contributed by atoms with E-state index in [1.165, 1.54) is 18.5 Å². The number of aliphatic hydroxyl groups is 1. The summed E-state index contributed by atoms with van der Waals surface area (Å²) in [7, 11) is 0. The molecule has 2 heteroatoms. The molecule has 0 unspecified atom stereocenters. The van der Waals surface area contributed by atoms with Crippen LogP contribution >= 0.6 is 0 Å². The van der Waals surface area contributed by atoms with Crippen LogP contribution in [-0.4, -0.2) is 18.2 Å². The second kappa shape index (κ2) is 7.33. The largest absolute Gasteiger partial charge is 0.392 e. The Morgan fingerprint density at radius 3 is 2.06 bits per heavy atom. The average Bonchev–Trinajstić information content (AvgIpc) is 2.40. The highest BCUT2D eigenvalue weighted by atomic mass is 16.3. The molecule has 96 valence electrons. The molecule has 0 amide bonds. The number of anilines is 1. The smallest absolute Gasteiger partial charge is 0.0681 e. The van der Waals surface area contributed by atoms with E-state index in [0.717, 1.165) is 24.6 Å². The molecule has 0 atom stereocenters. The highest BCUT2D eigenvalue weighted by Gasteiger charge is 2.10. The van der Waals surface area contributed by atoms with E-state index in [-0.39, 0.29) is 6.61 Å². The monoisotopic (exact) mass is 235 g/mol. The van der Waals surface area contributed by atoms with Gasteiger partial charge in [0.15, 0.2) is 0 Å². The Labute approximate surface area is 105 Å². The van der Waals surface area contributed by atoms with Gasteiger partial charge in [-0.2, -0.15) is 0 Å². The lowest BCUT2D eigenvalue weighted by Crippen LogP contribution is -2.28. The number of nitrogens with zero attached hydrogens (tertiary/aromatic N) is 1. The predicted molar refractivity (Wildman–Crippen MR) is 74.3 cm³/mol. The molecule has 0 bridgehead atoms. The van der Waals surface area contributed by atoms with Crippen molar-refractivity contribution in [2.24, 2.45) is 5.92 Å². The average molecular weight is 235 g/mol. The van der Waals surface area contributed by atoms with Crippen molar-refractivity contribution in [1.29, 1.82) is 0 Å². The third-order valence-electron chi connectivity index (χ3n) is 3.50. The van der Waals surface area contributed by atoms with E-state index in [2.05, 4.69) is 37.8 Å². The summed E-state index contributed by atoms with van der Waals surface area (Å²) in [4.78, 5) is 2.42. The Balaban J connectivity index is 2.71. The highest BCUT2D eigenvalue weighted by Crippen LogP contribution is 2.19. The van der Waals surface area contributed by atoms with Crippen molar-refractivity contribution >= 4 is 5.69 Å². The molecule has 1 rings (SSSR count). The molecule has 0 heterocycles. The van der Waals surface area contributed by atoms with Gasteiger partial charge in [-0.05, 0) is 30.5 Å². The quantitative estimate of drug-likeness (QED) is 0.782. The van der Waals surface area contributed by atoms with Gasteiger partial charge in [0.2, 0.25) is 0 Å². The number of benzene rings is 1. The SMILES string of the molecule is CCC(CC)CN(CC)c1ccc(CO)cc1. The summed E-state index contributed by atoms with van der Waals surface area (Å²) in [5.41, 5.74) is 2.24. The van der Waals surface area contributed by atoms with Gasteiger partial charge in [0.05, 0.1) is 6.61 Å². The molecule has 0 aromatic heterocycles. The standard InChI is InChI=1S/C15H25NO/c1-4-13(5-2)11-16(6-3)15-9-7-14(12-17)8-10-15/h7-10,13,17H,4-6,11-12H2,1-3H3. The third kappa shape index (κ3) is 4.04. The van der Waals surface area contributed by atoms with Crippen molar-refractivity contribution in [2.75, 3.05) is 18.0 Å². The Hall–Kier alpha value is -1.02. The maximum absolute atomic E-state index is 9.03. The van der Waals surface area contributed by atoms with Crippen LogP contribution in [0.3, 0.4) is 0 Å². The Morgan fingerprint density at radius 2 is 1.65 bits per heavy atom. The first kappa shape index (κ1) is 14.0. The minimum atomic E-state index is 0.124. The Kier molecular flexibility index (Phi) is 6.06. The Bertz CT molecular complexity index is 303. The van der Waals surface area contributed by atoms with Crippen LogP contribution in [0, 0.1) is 5.92 Å². The van der Waals surface area contributed by atoms with Crippen LogP contribution in [-0.2, 0) is 6.61 Å². The van der Waals surface area contributed by atoms with E-state index >= 15 is 0 Å². The minimum Gasteiger partial charge on any atom is -0.392 e. The van der Waals surface area contributed by atoms with Crippen LogP contribution in [0.15, 0.2) is 24.3 Å². The zero-order valence-corrected chi connectivity index (χ0v) is 11.3. The molecule has 0 spiro atoms. The molecule has 0 fully saturated rings. The second-order valence-corrected chi connectivity index (χ2v) is 4.55. The van der Waals surface area contributed by atoms with Crippen molar-refractivity contribution in [2.45, 2.75) is 40.2 Å². The summed E-state index contributed by atoms with van der Waals surface area (Å²) in [6.07, 6.45) is 2.48. The lowest BCUT2D eigenvalue weighted by molar-refractivity contribution is 0.282. The van der Waals surface area contributed by atoms with E-state index in [9.17, 15) is 0 Å². The summed E-state index contributed by atoms with van der Waals surface area (Å²) in [5.74, 6) is 0.771. The van der Waals surface area contributed by atoms with Crippen LogP contribution in [0.5, 0.6) is 0 Å². The van der Waals surface area contributed by atoms with Gasteiger partial charge in [-0.1, -0.05) is 38.8 Å². The number of hydrogen-bond acceptors (Lipinski definition) is 2. The van der Waals surface area contributed by atoms with Crippen LogP contribution in [0.1, 0.15) is 39.2 Å². The van der Waals surface area contributed by atoms with Gasteiger partial charge in [0.1, 0.15) is 0 Å². The van der Waals surface area contributed by atoms with Crippen molar-refractivity contribution < 1.29 is 5.11 Å². The summed E-state index contributed by atoms with van der Waals surface area (Å²) >= 11 is 0. The molecule has 1 N–H and O–H groups in total. The van der Waals surface area contributed by atoms with E-state index in [1.807, 2.05) is 12.1 Å². The summed E-state index contributed by atoms with van der Waals surface area (Å²) < 4.78 is 0. The lowest BCUT2D eigenvalue weighted by Gasteiger charge is -2.27. The molecule has 2 nitrogen and oxygen atoms in total. The molecule has 1 aromatic rings. The molecule has 0 aliphatic carbocycles. The van der Waals surface area contributed by atoms with E-state index < -0.39 is 0 Å². The fraction of sp³-hybridized carbons (Fsp3) is 0.600. The van der Waals surface area contributed by atoms with Crippen LogP contribution < -0.4 is 4.90 Å². The predicted octanol–water partition coefficient (Wildman–Crippen LogP) is 3.44.